The third-order valence-electron chi connectivity index (χ3n) is 3.47. The van der Waals surface area contributed by atoms with E-state index in [2.05, 4.69) is 5.16 Å². The molecule has 2 nitrogen and oxygen atoms in total. The molecule has 0 unspecified atom stereocenters. The lowest BCUT2D eigenvalue weighted by molar-refractivity contribution is 0.243. The molecule has 0 radical (unpaired) electrons. The Morgan fingerprint density at radius 2 is 1.83 bits per heavy atom. The third-order valence-corrected chi connectivity index (χ3v) is 3.47. The molecule has 2 fully saturated rings. The number of fused-ring (bicyclic) bond motifs is 1. The second kappa shape index (κ2) is 3.46. The van der Waals surface area contributed by atoms with Crippen LogP contribution in [0, 0.1) is 11.8 Å². The SMILES string of the molecule is O/N=C1\CCC[C@@H]2CCCC[C@@H]12. The fourth-order valence-corrected chi connectivity index (χ4v) is 2.85. The van der Waals surface area contributed by atoms with Crippen LogP contribution in [0.15, 0.2) is 5.16 Å². The van der Waals surface area contributed by atoms with Gasteiger partial charge in [-0.15, -0.1) is 0 Å². The van der Waals surface area contributed by atoms with Crippen molar-refractivity contribution in [3.05, 3.63) is 0 Å². The standard InChI is InChI=1S/C10H17NO/c12-11-10-7-3-5-8-4-1-2-6-9(8)10/h8-9,12H,1-7H2/b11-10+/t8-,9+/m0/s1. The summed E-state index contributed by atoms with van der Waals surface area (Å²) in [6.45, 7) is 0. The highest BCUT2D eigenvalue weighted by molar-refractivity contribution is 5.87. The molecular formula is C10H17NO. The summed E-state index contributed by atoms with van der Waals surface area (Å²) < 4.78 is 0. The van der Waals surface area contributed by atoms with E-state index in [-0.39, 0.29) is 0 Å². The van der Waals surface area contributed by atoms with Crippen LogP contribution in [-0.2, 0) is 0 Å². The lowest BCUT2D eigenvalue weighted by Gasteiger charge is -2.35. The largest absolute Gasteiger partial charge is 0.411 e. The van der Waals surface area contributed by atoms with Crippen molar-refractivity contribution in [1.82, 2.24) is 0 Å². The Morgan fingerprint density at radius 1 is 1.08 bits per heavy atom. The smallest absolute Gasteiger partial charge is 0.0604 e. The molecule has 1 N–H and O–H groups in total. The van der Waals surface area contributed by atoms with E-state index in [0.29, 0.717) is 5.92 Å². The number of hydrogen-bond acceptors (Lipinski definition) is 2. The van der Waals surface area contributed by atoms with E-state index in [1.54, 1.807) is 0 Å². The number of rotatable bonds is 0. The lowest BCUT2D eigenvalue weighted by atomic mass is 9.70. The zero-order valence-corrected chi connectivity index (χ0v) is 7.50. The molecular weight excluding hydrogens is 150 g/mol. The molecule has 2 rings (SSSR count). The van der Waals surface area contributed by atoms with E-state index in [0.717, 1.165) is 18.1 Å². The molecule has 2 aliphatic rings. The van der Waals surface area contributed by atoms with Crippen molar-refractivity contribution in [1.29, 1.82) is 0 Å². The van der Waals surface area contributed by atoms with Crippen LogP contribution in [0.25, 0.3) is 0 Å². The average molecular weight is 167 g/mol. The molecule has 2 aliphatic carbocycles. The first-order valence-electron chi connectivity index (χ1n) is 5.12. The van der Waals surface area contributed by atoms with Crippen molar-refractivity contribution >= 4 is 5.71 Å². The normalized spacial score (nSPS) is 39.5. The Kier molecular flexibility index (Phi) is 2.33. The van der Waals surface area contributed by atoms with Crippen LogP contribution in [0.4, 0.5) is 0 Å². The van der Waals surface area contributed by atoms with Gasteiger partial charge >= 0.3 is 0 Å². The van der Waals surface area contributed by atoms with Gasteiger partial charge in [0.1, 0.15) is 0 Å². The van der Waals surface area contributed by atoms with Gasteiger partial charge in [0.2, 0.25) is 0 Å². The Balaban J connectivity index is 2.09. The summed E-state index contributed by atoms with van der Waals surface area (Å²) in [7, 11) is 0. The molecule has 0 bridgehead atoms. The van der Waals surface area contributed by atoms with Gasteiger partial charge in [0, 0.05) is 5.92 Å². The molecule has 0 aliphatic heterocycles. The molecule has 2 saturated carbocycles. The minimum Gasteiger partial charge on any atom is -0.411 e. The van der Waals surface area contributed by atoms with Crippen LogP contribution in [-0.4, -0.2) is 10.9 Å². The average Bonchev–Trinajstić information content (AvgIpc) is 2.17. The highest BCUT2D eigenvalue weighted by atomic mass is 16.4. The Bertz CT molecular complexity index is 186. The van der Waals surface area contributed by atoms with Crippen LogP contribution in [0.1, 0.15) is 44.9 Å². The van der Waals surface area contributed by atoms with Gasteiger partial charge in [0.05, 0.1) is 5.71 Å². The van der Waals surface area contributed by atoms with E-state index in [1.807, 2.05) is 0 Å². The topological polar surface area (TPSA) is 32.6 Å². The van der Waals surface area contributed by atoms with Gasteiger partial charge in [-0.25, -0.2) is 0 Å². The molecule has 0 amide bonds. The summed E-state index contributed by atoms with van der Waals surface area (Å²) >= 11 is 0. The molecule has 2 heteroatoms. The van der Waals surface area contributed by atoms with Crippen LogP contribution in [0.2, 0.25) is 0 Å². The molecule has 0 heterocycles. The summed E-state index contributed by atoms with van der Waals surface area (Å²) in [6.07, 6.45) is 9.00. The Hall–Kier alpha value is -0.530. The fraction of sp³-hybridized carbons (Fsp3) is 0.900. The number of oxime groups is 1. The van der Waals surface area contributed by atoms with Gasteiger partial charge in [-0.2, -0.15) is 0 Å². The van der Waals surface area contributed by atoms with Crippen molar-refractivity contribution in [2.45, 2.75) is 44.9 Å². The van der Waals surface area contributed by atoms with Crippen LogP contribution in [0.3, 0.4) is 0 Å². The number of hydrogen-bond donors (Lipinski definition) is 1. The maximum atomic E-state index is 8.82. The molecule has 12 heavy (non-hydrogen) atoms. The maximum Gasteiger partial charge on any atom is 0.0604 e. The number of nitrogens with zero attached hydrogens (tertiary/aromatic N) is 1. The predicted molar refractivity (Wildman–Crippen MR) is 48.5 cm³/mol. The summed E-state index contributed by atoms with van der Waals surface area (Å²) in [6, 6.07) is 0. The maximum absolute atomic E-state index is 8.82. The van der Waals surface area contributed by atoms with E-state index in [9.17, 15) is 0 Å². The molecule has 0 aromatic heterocycles. The minimum atomic E-state index is 0.637. The second-order valence-corrected chi connectivity index (χ2v) is 4.13. The van der Waals surface area contributed by atoms with Crippen molar-refractivity contribution in [3.63, 3.8) is 0 Å². The Morgan fingerprint density at radius 3 is 2.67 bits per heavy atom. The minimum absolute atomic E-state index is 0.637. The predicted octanol–water partition coefficient (Wildman–Crippen LogP) is 2.81. The van der Waals surface area contributed by atoms with E-state index < -0.39 is 0 Å². The zero-order valence-electron chi connectivity index (χ0n) is 7.50. The molecule has 68 valence electrons. The van der Waals surface area contributed by atoms with Gasteiger partial charge in [0.15, 0.2) is 0 Å². The molecule has 2 atom stereocenters. The highest BCUT2D eigenvalue weighted by Crippen LogP contribution is 2.38. The first-order chi connectivity index (χ1) is 5.92. The monoisotopic (exact) mass is 167 g/mol. The summed E-state index contributed by atoms with van der Waals surface area (Å²) in [5.41, 5.74) is 1.09. The van der Waals surface area contributed by atoms with Crippen molar-refractivity contribution in [3.8, 4) is 0 Å². The van der Waals surface area contributed by atoms with E-state index in [4.69, 9.17) is 5.21 Å². The third kappa shape index (κ3) is 1.35. The van der Waals surface area contributed by atoms with Gasteiger partial charge in [0.25, 0.3) is 0 Å². The van der Waals surface area contributed by atoms with E-state index in [1.165, 1.54) is 38.5 Å². The zero-order chi connectivity index (χ0) is 8.39. The summed E-state index contributed by atoms with van der Waals surface area (Å²) in [5, 5.41) is 12.3. The van der Waals surface area contributed by atoms with Gasteiger partial charge < -0.3 is 5.21 Å². The van der Waals surface area contributed by atoms with Crippen LogP contribution >= 0.6 is 0 Å². The van der Waals surface area contributed by atoms with Crippen molar-refractivity contribution in [2.24, 2.45) is 17.0 Å². The molecule has 0 spiro atoms. The second-order valence-electron chi connectivity index (χ2n) is 4.13. The van der Waals surface area contributed by atoms with Crippen molar-refractivity contribution in [2.75, 3.05) is 0 Å². The van der Waals surface area contributed by atoms with Crippen LogP contribution in [0.5, 0.6) is 0 Å². The fourth-order valence-electron chi connectivity index (χ4n) is 2.85. The molecule has 0 saturated heterocycles. The lowest BCUT2D eigenvalue weighted by Crippen LogP contribution is -2.31. The quantitative estimate of drug-likeness (QED) is 0.436. The molecule has 0 aromatic rings. The van der Waals surface area contributed by atoms with Crippen LogP contribution < -0.4 is 0 Å². The molecule has 0 aromatic carbocycles. The summed E-state index contributed by atoms with van der Waals surface area (Å²) in [4.78, 5) is 0. The van der Waals surface area contributed by atoms with Crippen molar-refractivity contribution < 1.29 is 5.21 Å². The van der Waals surface area contributed by atoms with Gasteiger partial charge in [-0.1, -0.05) is 18.0 Å². The first kappa shape index (κ1) is 8.09. The Labute approximate surface area is 73.7 Å². The summed E-state index contributed by atoms with van der Waals surface area (Å²) in [5.74, 6) is 1.48. The van der Waals surface area contributed by atoms with Gasteiger partial charge in [-0.3, -0.25) is 0 Å². The first-order valence-corrected chi connectivity index (χ1v) is 5.12. The highest BCUT2D eigenvalue weighted by Gasteiger charge is 2.32. The van der Waals surface area contributed by atoms with E-state index >= 15 is 0 Å². The van der Waals surface area contributed by atoms with Gasteiger partial charge in [-0.05, 0) is 38.0 Å².